The predicted octanol–water partition coefficient (Wildman–Crippen LogP) is 4.41. The van der Waals surface area contributed by atoms with Gasteiger partial charge in [-0.2, -0.15) is 26.0 Å². The second-order valence-corrected chi connectivity index (χ2v) is 15.2. The average Bonchev–Trinajstić information content (AvgIpc) is 3.22. The molecule has 8 nitrogen and oxygen atoms in total. The third kappa shape index (κ3) is 5.55. The highest BCUT2D eigenvalue weighted by molar-refractivity contribution is 7.87. The van der Waals surface area contributed by atoms with Crippen LogP contribution in [-0.2, 0) is 19.6 Å². The van der Waals surface area contributed by atoms with Crippen molar-refractivity contribution >= 4 is 16.1 Å². The van der Waals surface area contributed by atoms with Gasteiger partial charge in [0.15, 0.2) is 0 Å². The number of fused-ring (bicyclic) bond motifs is 5. The van der Waals surface area contributed by atoms with Gasteiger partial charge < -0.3 is 20.1 Å². The van der Waals surface area contributed by atoms with Crippen LogP contribution in [0.3, 0.4) is 0 Å². The monoisotopic (exact) mass is 616 g/mol. The van der Waals surface area contributed by atoms with Gasteiger partial charge in [-0.3, -0.25) is 9.35 Å². The van der Waals surface area contributed by atoms with E-state index in [4.69, 9.17) is 4.55 Å². The van der Waals surface area contributed by atoms with Gasteiger partial charge >= 0.3 is 27.3 Å². The molecule has 5 unspecified atom stereocenters. The topological polar surface area (TPSA) is 141 Å². The third-order valence-electron chi connectivity index (χ3n) is 11.8. The summed E-state index contributed by atoms with van der Waals surface area (Å²) in [7, 11) is -6.35. The largest absolute Gasteiger partial charge is 0.465 e. The molecule has 0 spiro atoms. The second-order valence-electron chi connectivity index (χ2n) is 13.7. The molecule has 0 bridgehead atoms. The van der Waals surface area contributed by atoms with Crippen LogP contribution in [-0.4, -0.2) is 70.4 Å². The Hall–Kier alpha value is -1.02. The highest BCUT2D eigenvalue weighted by Gasteiger charge is 2.66. The van der Waals surface area contributed by atoms with Crippen LogP contribution in [0, 0.1) is 46.3 Å². The third-order valence-corrected chi connectivity index (χ3v) is 12.7. The molecule has 0 amide bonds. The molecule has 0 heterocycles. The summed E-state index contributed by atoms with van der Waals surface area (Å²) in [6, 6.07) is 0. The van der Waals surface area contributed by atoms with E-state index in [1.807, 2.05) is 6.92 Å². The Morgan fingerprint density at radius 2 is 1.68 bits per heavy atom. The first kappa shape index (κ1) is 32.9. The van der Waals surface area contributed by atoms with E-state index in [2.05, 4.69) is 18.6 Å². The van der Waals surface area contributed by atoms with E-state index in [9.17, 15) is 46.1 Å². The number of esters is 1. The highest BCUT2D eigenvalue weighted by Crippen LogP contribution is 2.68. The number of hydrogen-bond donors (Lipinski definition) is 4. The first-order valence-electron chi connectivity index (χ1n) is 14.7. The summed E-state index contributed by atoms with van der Waals surface area (Å²) >= 11 is 0. The Balaban J connectivity index is 1.36. The first-order valence-corrected chi connectivity index (χ1v) is 16.1. The Kier molecular flexibility index (Phi) is 8.95. The SMILES string of the molecule is C[C@H](CCC(=O)OCCC(F)(F)C(F)(F)S(=O)(=O)O)[C@H]1CC[C@H]2[C@@H]3C(O)CC4CC(O)CCC4(C)[C@H]3CC(O)[C@]12C. The van der Waals surface area contributed by atoms with E-state index < -0.39 is 57.9 Å². The van der Waals surface area contributed by atoms with Gasteiger partial charge in [0.05, 0.1) is 31.3 Å². The molecule has 4 fully saturated rings. The quantitative estimate of drug-likeness (QED) is 0.170. The van der Waals surface area contributed by atoms with E-state index in [1.54, 1.807) is 0 Å². The molecule has 0 aromatic carbocycles. The van der Waals surface area contributed by atoms with Crippen molar-refractivity contribution in [1.29, 1.82) is 0 Å². The van der Waals surface area contributed by atoms with Crippen LogP contribution in [0.25, 0.3) is 0 Å². The fourth-order valence-electron chi connectivity index (χ4n) is 9.38. The second kappa shape index (κ2) is 11.2. The number of aliphatic hydroxyl groups excluding tert-OH is 3. The normalized spacial score (nSPS) is 42.1. The van der Waals surface area contributed by atoms with Crippen LogP contribution in [0.4, 0.5) is 17.6 Å². The molecule has 41 heavy (non-hydrogen) atoms. The lowest BCUT2D eigenvalue weighted by Crippen LogP contribution is -2.62. The van der Waals surface area contributed by atoms with Crippen molar-refractivity contribution in [3.8, 4) is 0 Å². The van der Waals surface area contributed by atoms with Gasteiger partial charge in [0, 0.05) is 6.42 Å². The average molecular weight is 617 g/mol. The Morgan fingerprint density at radius 3 is 2.32 bits per heavy atom. The summed E-state index contributed by atoms with van der Waals surface area (Å²) in [4.78, 5) is 12.2. The van der Waals surface area contributed by atoms with Crippen molar-refractivity contribution in [2.75, 3.05) is 6.61 Å². The zero-order chi connectivity index (χ0) is 30.8. The zero-order valence-electron chi connectivity index (χ0n) is 23.8. The maximum absolute atomic E-state index is 13.6. The molecule has 4 saturated carbocycles. The molecule has 238 valence electrons. The molecule has 13 heteroatoms. The summed E-state index contributed by atoms with van der Waals surface area (Å²) < 4.78 is 88.3. The van der Waals surface area contributed by atoms with E-state index in [1.165, 1.54) is 0 Å². The van der Waals surface area contributed by atoms with Gasteiger partial charge in [-0.1, -0.05) is 20.8 Å². The van der Waals surface area contributed by atoms with Gasteiger partial charge in [-0.05, 0) is 97.7 Å². The van der Waals surface area contributed by atoms with Crippen molar-refractivity contribution in [3.05, 3.63) is 0 Å². The minimum absolute atomic E-state index is 0.0277. The zero-order valence-corrected chi connectivity index (χ0v) is 24.6. The number of rotatable bonds is 9. The van der Waals surface area contributed by atoms with Gasteiger partial charge in [0.2, 0.25) is 0 Å². The lowest BCUT2D eigenvalue weighted by molar-refractivity contribution is -0.207. The number of ether oxygens (including phenoxy) is 1. The van der Waals surface area contributed by atoms with Crippen LogP contribution in [0.2, 0.25) is 0 Å². The van der Waals surface area contributed by atoms with Gasteiger partial charge in [-0.15, -0.1) is 0 Å². The van der Waals surface area contributed by atoms with Crippen molar-refractivity contribution in [3.63, 3.8) is 0 Å². The summed E-state index contributed by atoms with van der Waals surface area (Å²) in [6.45, 7) is 5.12. The van der Waals surface area contributed by atoms with E-state index in [0.717, 1.165) is 25.7 Å². The molecule has 11 atom stereocenters. The van der Waals surface area contributed by atoms with E-state index in [0.29, 0.717) is 25.7 Å². The molecule has 4 aliphatic rings. The van der Waals surface area contributed by atoms with E-state index >= 15 is 0 Å². The summed E-state index contributed by atoms with van der Waals surface area (Å²) in [6.07, 6.45) is 1.95. The molecule has 4 rings (SSSR count). The lowest BCUT2D eigenvalue weighted by Gasteiger charge is -2.63. The lowest BCUT2D eigenvalue weighted by atomic mass is 9.43. The van der Waals surface area contributed by atoms with Crippen molar-refractivity contribution in [2.24, 2.45) is 46.3 Å². The number of carbonyl (C=O) groups is 1. The van der Waals surface area contributed by atoms with Gasteiger partial charge in [0.1, 0.15) is 0 Å². The van der Waals surface area contributed by atoms with E-state index in [-0.39, 0.29) is 53.4 Å². The maximum Gasteiger partial charge on any atom is 0.431 e. The first-order chi connectivity index (χ1) is 18.8. The summed E-state index contributed by atoms with van der Waals surface area (Å²) in [5, 5.41) is 27.5. The van der Waals surface area contributed by atoms with Gasteiger partial charge in [-0.25, -0.2) is 0 Å². The summed E-state index contributed by atoms with van der Waals surface area (Å²) in [5.41, 5.74) is -0.548. The Bertz CT molecular complexity index is 1090. The highest BCUT2D eigenvalue weighted by atomic mass is 32.2. The molecule has 0 aromatic heterocycles. The van der Waals surface area contributed by atoms with Crippen LogP contribution in [0.15, 0.2) is 0 Å². The minimum Gasteiger partial charge on any atom is -0.465 e. The van der Waals surface area contributed by atoms with Crippen LogP contribution >= 0.6 is 0 Å². The Morgan fingerprint density at radius 1 is 1.02 bits per heavy atom. The Labute approximate surface area is 239 Å². The molecule has 4 aliphatic carbocycles. The number of halogens is 4. The molecule has 0 saturated heterocycles. The fourth-order valence-corrected chi connectivity index (χ4v) is 9.86. The standard InChI is InChI=1S/C28H44F4O8S/c1-15(4-7-23(36)40-11-10-27(29,30)28(31,32)41(37,38)39)18-5-6-19-24-20(14-22(35)26(18,19)3)25(2)9-8-17(33)12-16(25)13-21(24)34/h15-22,24,33-35H,4-14H2,1-3H3,(H,37,38,39)/t15-,16?,17?,18-,19+,20+,21?,22?,24+,25?,26-/m1/s1. The number of hydrogen-bond acceptors (Lipinski definition) is 7. The molecular formula is C28H44F4O8S. The maximum atomic E-state index is 13.6. The number of carbonyl (C=O) groups excluding carboxylic acids is 1. The molecule has 0 aliphatic heterocycles. The minimum atomic E-state index is -6.35. The molecule has 4 N–H and O–H groups in total. The number of aliphatic hydroxyl groups is 3. The smallest absolute Gasteiger partial charge is 0.431 e. The number of alkyl halides is 4. The fraction of sp³-hybridized carbons (Fsp3) is 0.964. The predicted molar refractivity (Wildman–Crippen MR) is 139 cm³/mol. The van der Waals surface area contributed by atoms with Crippen LogP contribution in [0.5, 0.6) is 0 Å². The van der Waals surface area contributed by atoms with Crippen LogP contribution in [0.1, 0.15) is 85.0 Å². The molecule has 0 radical (unpaired) electrons. The molecular weight excluding hydrogens is 572 g/mol. The molecule has 0 aromatic rings. The van der Waals surface area contributed by atoms with Gasteiger partial charge in [0.25, 0.3) is 0 Å². The van der Waals surface area contributed by atoms with Crippen molar-refractivity contribution in [1.82, 2.24) is 0 Å². The van der Waals surface area contributed by atoms with Crippen molar-refractivity contribution in [2.45, 2.75) is 114 Å². The van der Waals surface area contributed by atoms with Crippen LogP contribution < -0.4 is 0 Å². The van der Waals surface area contributed by atoms with Crippen molar-refractivity contribution < 1.29 is 55.4 Å². The summed E-state index contributed by atoms with van der Waals surface area (Å²) in [5.74, 6) is -5.59.